The first-order valence-corrected chi connectivity index (χ1v) is 8.00. The Hall–Kier alpha value is -1.66. The molecule has 2 aromatic rings. The van der Waals surface area contributed by atoms with E-state index in [1.807, 2.05) is 28.3 Å². The Morgan fingerprint density at radius 1 is 1.35 bits per heavy atom. The van der Waals surface area contributed by atoms with Crippen LogP contribution in [-0.2, 0) is 11.3 Å². The molecule has 0 aromatic carbocycles. The minimum Gasteiger partial charge on any atom is -0.340 e. The van der Waals surface area contributed by atoms with Crippen molar-refractivity contribution in [3.8, 4) is 0 Å². The molecule has 0 bridgehead atoms. The second-order valence-corrected chi connectivity index (χ2v) is 6.23. The first-order valence-electron chi connectivity index (χ1n) is 6.18. The van der Waals surface area contributed by atoms with Crippen molar-refractivity contribution in [2.75, 3.05) is 7.05 Å². The number of carbonyl (C=O) groups excluding carboxylic acids is 2. The summed E-state index contributed by atoms with van der Waals surface area (Å²) in [5.74, 6) is -0.300. The van der Waals surface area contributed by atoms with Crippen LogP contribution in [0.3, 0.4) is 0 Å². The Morgan fingerprint density at radius 3 is 2.75 bits per heavy atom. The van der Waals surface area contributed by atoms with Crippen LogP contribution >= 0.6 is 22.7 Å². The molecule has 0 saturated heterocycles. The fourth-order valence-corrected chi connectivity index (χ4v) is 3.09. The fraction of sp³-hybridized carbons (Fsp3) is 0.286. The average molecular weight is 308 g/mol. The molecule has 20 heavy (non-hydrogen) atoms. The Kier molecular flexibility index (Phi) is 4.92. The Labute approximate surface area is 126 Å². The first kappa shape index (κ1) is 14.7. The average Bonchev–Trinajstić information content (AvgIpc) is 3.10. The van der Waals surface area contributed by atoms with E-state index in [4.69, 9.17) is 0 Å². The Morgan fingerprint density at radius 2 is 2.15 bits per heavy atom. The molecule has 0 aliphatic heterocycles. The van der Waals surface area contributed by atoms with Gasteiger partial charge in [0.05, 0.1) is 4.88 Å². The van der Waals surface area contributed by atoms with Gasteiger partial charge in [0.1, 0.15) is 6.04 Å². The molecule has 0 aliphatic rings. The van der Waals surface area contributed by atoms with Crippen molar-refractivity contribution in [2.24, 2.45) is 0 Å². The zero-order valence-electron chi connectivity index (χ0n) is 11.3. The maximum absolute atomic E-state index is 12.2. The lowest BCUT2D eigenvalue weighted by atomic mass is 10.2. The van der Waals surface area contributed by atoms with Gasteiger partial charge in [-0.1, -0.05) is 6.07 Å². The normalized spacial score (nSPS) is 11.9. The molecular weight excluding hydrogens is 292 g/mol. The largest absolute Gasteiger partial charge is 0.340 e. The summed E-state index contributed by atoms with van der Waals surface area (Å²) in [5.41, 5.74) is 1.10. The van der Waals surface area contributed by atoms with E-state index in [0.717, 1.165) is 5.56 Å². The summed E-state index contributed by atoms with van der Waals surface area (Å²) in [6.07, 6.45) is 0. The van der Waals surface area contributed by atoms with Gasteiger partial charge < -0.3 is 10.2 Å². The molecule has 6 heteroatoms. The van der Waals surface area contributed by atoms with Crippen LogP contribution in [0.25, 0.3) is 0 Å². The number of hydrogen-bond donors (Lipinski definition) is 1. The molecule has 0 spiro atoms. The molecule has 2 heterocycles. The van der Waals surface area contributed by atoms with E-state index in [1.165, 1.54) is 11.3 Å². The summed E-state index contributed by atoms with van der Waals surface area (Å²) >= 11 is 2.97. The van der Waals surface area contributed by atoms with E-state index in [9.17, 15) is 9.59 Å². The van der Waals surface area contributed by atoms with Gasteiger partial charge in [0.2, 0.25) is 5.91 Å². The lowest BCUT2D eigenvalue weighted by molar-refractivity contribution is -0.132. The van der Waals surface area contributed by atoms with Crippen LogP contribution in [0, 0.1) is 0 Å². The van der Waals surface area contributed by atoms with E-state index in [2.05, 4.69) is 5.32 Å². The molecule has 4 nitrogen and oxygen atoms in total. The minimum atomic E-state index is -0.534. The monoisotopic (exact) mass is 308 g/mol. The molecule has 2 rings (SSSR count). The van der Waals surface area contributed by atoms with E-state index in [-0.39, 0.29) is 11.8 Å². The highest BCUT2D eigenvalue weighted by atomic mass is 32.1. The van der Waals surface area contributed by atoms with E-state index >= 15 is 0 Å². The summed E-state index contributed by atoms with van der Waals surface area (Å²) in [6.45, 7) is 2.26. The lowest BCUT2D eigenvalue weighted by Gasteiger charge is -2.21. The van der Waals surface area contributed by atoms with E-state index < -0.39 is 6.04 Å². The van der Waals surface area contributed by atoms with Crippen molar-refractivity contribution in [3.63, 3.8) is 0 Å². The van der Waals surface area contributed by atoms with Gasteiger partial charge in [0.15, 0.2) is 0 Å². The van der Waals surface area contributed by atoms with Crippen molar-refractivity contribution < 1.29 is 9.59 Å². The van der Waals surface area contributed by atoms with E-state index in [1.54, 1.807) is 36.3 Å². The number of hydrogen-bond acceptors (Lipinski definition) is 4. The summed E-state index contributed by atoms with van der Waals surface area (Å²) in [5, 5.41) is 8.56. The van der Waals surface area contributed by atoms with Crippen LogP contribution in [-0.4, -0.2) is 29.8 Å². The van der Waals surface area contributed by atoms with Crippen LogP contribution in [0.15, 0.2) is 34.3 Å². The summed E-state index contributed by atoms with van der Waals surface area (Å²) in [6, 6.07) is 5.01. The molecule has 1 unspecified atom stereocenters. The van der Waals surface area contributed by atoms with Crippen LogP contribution in [0.2, 0.25) is 0 Å². The third-order valence-electron chi connectivity index (χ3n) is 2.84. The van der Waals surface area contributed by atoms with Crippen molar-refractivity contribution in [1.29, 1.82) is 0 Å². The third-order valence-corrected chi connectivity index (χ3v) is 4.44. The summed E-state index contributed by atoms with van der Waals surface area (Å²) in [4.78, 5) is 26.3. The minimum absolute atomic E-state index is 0.0962. The zero-order chi connectivity index (χ0) is 14.5. The summed E-state index contributed by atoms with van der Waals surface area (Å²) < 4.78 is 0. The summed E-state index contributed by atoms with van der Waals surface area (Å²) in [7, 11) is 1.74. The highest BCUT2D eigenvalue weighted by Gasteiger charge is 2.20. The molecule has 2 amide bonds. The van der Waals surface area contributed by atoms with Gasteiger partial charge in [-0.15, -0.1) is 11.3 Å². The first-order chi connectivity index (χ1) is 9.58. The topological polar surface area (TPSA) is 49.4 Å². The number of rotatable bonds is 5. The molecular formula is C14H16N2O2S2. The van der Waals surface area contributed by atoms with Gasteiger partial charge in [0, 0.05) is 13.6 Å². The van der Waals surface area contributed by atoms with Gasteiger partial charge in [-0.2, -0.15) is 11.3 Å². The predicted molar refractivity (Wildman–Crippen MR) is 82.0 cm³/mol. The highest BCUT2D eigenvalue weighted by Crippen LogP contribution is 2.10. The molecule has 1 atom stereocenters. The lowest BCUT2D eigenvalue weighted by Crippen LogP contribution is -2.45. The smallest absolute Gasteiger partial charge is 0.261 e. The molecule has 0 aliphatic carbocycles. The van der Waals surface area contributed by atoms with Crippen LogP contribution in [0.4, 0.5) is 0 Å². The SMILES string of the molecule is CC(NC(=O)c1cccs1)C(=O)N(C)Cc1ccsc1. The van der Waals surface area contributed by atoms with Crippen LogP contribution in [0.1, 0.15) is 22.2 Å². The fourth-order valence-electron chi connectivity index (χ4n) is 1.80. The van der Waals surface area contributed by atoms with Gasteiger partial charge in [-0.3, -0.25) is 9.59 Å². The number of nitrogens with zero attached hydrogens (tertiary/aromatic N) is 1. The van der Waals surface area contributed by atoms with E-state index in [0.29, 0.717) is 11.4 Å². The van der Waals surface area contributed by atoms with Crippen LogP contribution in [0.5, 0.6) is 0 Å². The number of nitrogens with one attached hydrogen (secondary N) is 1. The predicted octanol–water partition coefficient (Wildman–Crippen LogP) is 2.59. The zero-order valence-corrected chi connectivity index (χ0v) is 13.0. The maximum atomic E-state index is 12.2. The Bertz CT molecular complexity index is 564. The van der Waals surface area contributed by atoms with Gasteiger partial charge in [-0.05, 0) is 40.8 Å². The standard InChI is InChI=1S/C14H16N2O2S2/c1-10(15-13(17)12-4-3-6-20-12)14(18)16(2)8-11-5-7-19-9-11/h3-7,9-10H,8H2,1-2H3,(H,15,17). The second kappa shape index (κ2) is 6.67. The molecule has 1 N–H and O–H groups in total. The maximum Gasteiger partial charge on any atom is 0.261 e. The molecule has 106 valence electrons. The van der Waals surface area contributed by atoms with Gasteiger partial charge in [0.25, 0.3) is 5.91 Å². The Balaban J connectivity index is 1.89. The number of amides is 2. The van der Waals surface area contributed by atoms with Gasteiger partial charge in [-0.25, -0.2) is 0 Å². The second-order valence-electron chi connectivity index (χ2n) is 4.50. The number of carbonyl (C=O) groups is 2. The van der Waals surface area contributed by atoms with Crippen molar-refractivity contribution >= 4 is 34.5 Å². The van der Waals surface area contributed by atoms with Gasteiger partial charge >= 0.3 is 0 Å². The number of thiophene rings is 2. The molecule has 0 radical (unpaired) electrons. The van der Waals surface area contributed by atoms with Crippen LogP contribution < -0.4 is 5.32 Å². The van der Waals surface area contributed by atoms with Crippen molar-refractivity contribution in [1.82, 2.24) is 10.2 Å². The highest BCUT2D eigenvalue weighted by molar-refractivity contribution is 7.12. The quantitative estimate of drug-likeness (QED) is 0.923. The third kappa shape index (κ3) is 3.68. The van der Waals surface area contributed by atoms with Crippen molar-refractivity contribution in [3.05, 3.63) is 44.8 Å². The number of likely N-dealkylation sites (N-methyl/N-ethyl adjacent to an activating group) is 1. The molecule has 2 aromatic heterocycles. The molecule has 0 saturated carbocycles. The van der Waals surface area contributed by atoms with Crippen molar-refractivity contribution in [2.45, 2.75) is 19.5 Å². The molecule has 0 fully saturated rings.